The highest BCUT2D eigenvalue weighted by atomic mass is 35.5. The van der Waals surface area contributed by atoms with Gasteiger partial charge >= 0.3 is 0 Å². The van der Waals surface area contributed by atoms with Gasteiger partial charge in [-0.1, -0.05) is 23.7 Å². The molecule has 1 aromatic heterocycles. The zero-order valence-electron chi connectivity index (χ0n) is 14.2. The van der Waals surface area contributed by atoms with E-state index in [-0.39, 0.29) is 11.4 Å². The third-order valence-corrected chi connectivity index (χ3v) is 4.05. The van der Waals surface area contributed by atoms with Gasteiger partial charge in [-0.25, -0.2) is 4.98 Å². The smallest absolute Gasteiger partial charge is 0.276 e. The van der Waals surface area contributed by atoms with Crippen molar-refractivity contribution in [2.75, 3.05) is 14.2 Å². The summed E-state index contributed by atoms with van der Waals surface area (Å²) in [5, 5.41) is 15.3. The fraction of sp³-hybridized carbons (Fsp3) is 0.167. The van der Waals surface area contributed by atoms with Crippen LogP contribution in [0.25, 0.3) is 11.0 Å². The van der Waals surface area contributed by atoms with Gasteiger partial charge < -0.3 is 20.3 Å². The van der Waals surface area contributed by atoms with Crippen molar-refractivity contribution in [3.63, 3.8) is 0 Å². The molecule has 0 radical (unpaired) electrons. The number of aromatic nitrogens is 2. The number of hydrogen-bond donors (Lipinski definition) is 3. The molecule has 0 saturated heterocycles. The van der Waals surface area contributed by atoms with Crippen molar-refractivity contribution in [2.45, 2.75) is 6.10 Å². The summed E-state index contributed by atoms with van der Waals surface area (Å²) < 4.78 is 5.12. The van der Waals surface area contributed by atoms with Crippen molar-refractivity contribution in [3.8, 4) is 5.75 Å². The number of hydrogen-bond acceptors (Lipinski definition) is 6. The van der Waals surface area contributed by atoms with Crippen LogP contribution in [0.4, 0.5) is 0 Å². The van der Waals surface area contributed by atoms with Crippen LogP contribution in [0.5, 0.6) is 5.75 Å². The van der Waals surface area contributed by atoms with Gasteiger partial charge in [0.05, 0.1) is 18.1 Å². The van der Waals surface area contributed by atoms with Crippen LogP contribution in [-0.2, 0) is 0 Å². The molecule has 3 rings (SSSR count). The largest absolute Gasteiger partial charge is 0.497 e. The van der Waals surface area contributed by atoms with Gasteiger partial charge in [-0.3, -0.25) is 4.79 Å². The zero-order valence-corrected chi connectivity index (χ0v) is 14.9. The molecule has 3 aromatic rings. The summed E-state index contributed by atoms with van der Waals surface area (Å²) in [5.41, 5.74) is 3.87. The molecule has 0 aliphatic heterocycles. The van der Waals surface area contributed by atoms with Crippen LogP contribution in [0.1, 0.15) is 17.4 Å². The summed E-state index contributed by atoms with van der Waals surface area (Å²) >= 11 is 5.94. The number of rotatable bonds is 5. The van der Waals surface area contributed by atoms with Crippen LogP contribution in [0.3, 0.4) is 0 Å². The molecule has 8 heteroatoms. The van der Waals surface area contributed by atoms with Gasteiger partial charge in [-0.15, -0.1) is 0 Å². The van der Waals surface area contributed by atoms with Gasteiger partial charge in [0.1, 0.15) is 17.6 Å². The van der Waals surface area contributed by atoms with Gasteiger partial charge in [0.15, 0.2) is 5.69 Å². The van der Waals surface area contributed by atoms with Crippen LogP contribution >= 0.6 is 11.6 Å². The molecule has 0 aliphatic carbocycles. The average Bonchev–Trinajstić information content (AvgIpc) is 2.65. The Morgan fingerprint density at radius 1 is 1.31 bits per heavy atom. The second kappa shape index (κ2) is 7.55. The van der Waals surface area contributed by atoms with Crippen LogP contribution in [0.15, 0.2) is 52.4 Å². The van der Waals surface area contributed by atoms with Crippen LogP contribution < -0.4 is 15.7 Å². The lowest BCUT2D eigenvalue weighted by Crippen LogP contribution is -2.27. The number of aromatic amines is 1. The van der Waals surface area contributed by atoms with E-state index in [0.29, 0.717) is 27.4 Å². The molecule has 2 aromatic carbocycles. The van der Waals surface area contributed by atoms with Gasteiger partial charge in [-0.2, -0.15) is 5.10 Å². The first-order chi connectivity index (χ1) is 12.5. The third-order valence-electron chi connectivity index (χ3n) is 3.82. The van der Waals surface area contributed by atoms with E-state index >= 15 is 0 Å². The maximum absolute atomic E-state index is 12.5. The van der Waals surface area contributed by atoms with Gasteiger partial charge in [0, 0.05) is 12.1 Å². The highest BCUT2D eigenvalue weighted by molar-refractivity contribution is 6.31. The number of halogens is 1. The van der Waals surface area contributed by atoms with Gasteiger partial charge in [-0.05, 0) is 35.9 Å². The predicted molar refractivity (Wildman–Crippen MR) is 101 cm³/mol. The maximum Gasteiger partial charge on any atom is 0.276 e. The maximum atomic E-state index is 12.5. The summed E-state index contributed by atoms with van der Waals surface area (Å²) in [6.45, 7) is 0. The van der Waals surface area contributed by atoms with E-state index in [0.717, 1.165) is 0 Å². The van der Waals surface area contributed by atoms with Crippen molar-refractivity contribution < 1.29 is 9.84 Å². The lowest BCUT2D eigenvalue weighted by molar-refractivity contribution is 0.246. The van der Waals surface area contributed by atoms with E-state index in [1.54, 1.807) is 56.6 Å². The molecule has 1 heterocycles. The van der Waals surface area contributed by atoms with E-state index < -0.39 is 11.7 Å². The first-order valence-corrected chi connectivity index (χ1v) is 8.17. The van der Waals surface area contributed by atoms with Crippen molar-refractivity contribution in [1.29, 1.82) is 0 Å². The Balaban J connectivity index is 2.08. The quantitative estimate of drug-likeness (QED) is 0.471. The fourth-order valence-electron chi connectivity index (χ4n) is 2.54. The summed E-state index contributed by atoms with van der Waals surface area (Å²) in [6, 6.07) is 11.8. The average molecular weight is 373 g/mol. The summed E-state index contributed by atoms with van der Waals surface area (Å²) in [6.07, 6.45) is -1.15. The number of ether oxygens (including phenoxy) is 1. The van der Waals surface area contributed by atoms with Gasteiger partial charge in [0.25, 0.3) is 5.56 Å². The molecule has 0 spiro atoms. The molecule has 7 nitrogen and oxygen atoms in total. The first kappa shape index (κ1) is 17.9. The molecule has 0 bridgehead atoms. The number of aliphatic hydroxyl groups excluding tert-OH is 1. The third kappa shape index (κ3) is 3.54. The Bertz CT molecular complexity index is 1020. The monoisotopic (exact) mass is 372 g/mol. The number of benzene rings is 2. The van der Waals surface area contributed by atoms with Crippen molar-refractivity contribution >= 4 is 28.3 Å². The number of fused-ring (bicyclic) bond motifs is 1. The molecule has 0 amide bonds. The highest BCUT2D eigenvalue weighted by Gasteiger charge is 2.22. The van der Waals surface area contributed by atoms with Crippen LogP contribution in [-0.4, -0.2) is 34.9 Å². The van der Waals surface area contributed by atoms with E-state index in [1.165, 1.54) is 0 Å². The van der Waals surface area contributed by atoms with E-state index in [4.69, 9.17) is 16.3 Å². The molecule has 0 aliphatic rings. The van der Waals surface area contributed by atoms with Crippen molar-refractivity contribution in [3.05, 3.63) is 69.1 Å². The van der Waals surface area contributed by atoms with E-state index in [2.05, 4.69) is 20.5 Å². The van der Waals surface area contributed by atoms with Crippen LogP contribution in [0, 0.1) is 0 Å². The van der Waals surface area contributed by atoms with Crippen molar-refractivity contribution in [2.24, 2.45) is 5.10 Å². The number of aliphatic hydroxyl groups is 1. The molecule has 0 saturated carbocycles. The number of hydrazone groups is 1. The lowest BCUT2D eigenvalue weighted by Gasteiger charge is -2.14. The zero-order chi connectivity index (χ0) is 18.7. The topological polar surface area (TPSA) is 99.6 Å². The summed E-state index contributed by atoms with van der Waals surface area (Å²) in [5.74, 6) is 0.659. The first-order valence-electron chi connectivity index (χ1n) is 7.79. The second-order valence-electron chi connectivity index (χ2n) is 5.47. The molecule has 0 fully saturated rings. The minimum Gasteiger partial charge on any atom is -0.497 e. The molecule has 1 unspecified atom stereocenters. The Hall–Kier alpha value is -2.90. The van der Waals surface area contributed by atoms with Crippen LogP contribution in [0.2, 0.25) is 5.02 Å². The highest BCUT2D eigenvalue weighted by Crippen LogP contribution is 2.21. The Morgan fingerprint density at radius 2 is 2.04 bits per heavy atom. The standard InChI is InChI=1S/C18H17ClN4O3/c1-20-23-15(17(24)10-3-6-12(26-2)7-4-10)16-18(25)22-14-9-11(19)5-8-13(14)21-16/h3-9,17,20,24H,1-2H3,(H,22,25)/b23-15+. The van der Waals surface area contributed by atoms with E-state index in [1.807, 2.05) is 0 Å². The number of methoxy groups -OCH3 is 1. The lowest BCUT2D eigenvalue weighted by atomic mass is 10.0. The minimum absolute atomic E-state index is 0.0255. The molecule has 26 heavy (non-hydrogen) atoms. The molecular weight excluding hydrogens is 356 g/mol. The molecule has 1 atom stereocenters. The van der Waals surface area contributed by atoms with E-state index in [9.17, 15) is 9.90 Å². The number of nitrogens with zero attached hydrogens (tertiary/aromatic N) is 2. The van der Waals surface area contributed by atoms with Crippen molar-refractivity contribution in [1.82, 2.24) is 15.4 Å². The predicted octanol–water partition coefficient (Wildman–Crippen LogP) is 2.24. The molecule has 3 N–H and O–H groups in total. The Kier molecular flexibility index (Phi) is 5.20. The summed E-state index contributed by atoms with van der Waals surface area (Å²) in [7, 11) is 3.14. The second-order valence-corrected chi connectivity index (χ2v) is 5.91. The number of nitrogens with one attached hydrogen (secondary N) is 2. The summed E-state index contributed by atoms with van der Waals surface area (Å²) in [4.78, 5) is 19.6. The Labute approximate surface area is 154 Å². The SMILES string of the molecule is CN/N=C(\c1nc2ccc(Cl)cc2[nH]c1=O)C(O)c1ccc(OC)cc1. The molecule has 134 valence electrons. The minimum atomic E-state index is -1.15. The molecular formula is C18H17ClN4O3. The normalized spacial score (nSPS) is 12.8. The number of H-pyrrole nitrogens is 1. The van der Waals surface area contributed by atoms with Gasteiger partial charge in [0.2, 0.25) is 0 Å². The fourth-order valence-corrected chi connectivity index (χ4v) is 2.71. The Morgan fingerprint density at radius 3 is 2.69 bits per heavy atom.